The molecule has 6 heteroatoms. The molecule has 2 rings (SSSR count). The maximum atomic E-state index is 11.0. The summed E-state index contributed by atoms with van der Waals surface area (Å²) in [6, 6.07) is 5.61. The Morgan fingerprint density at radius 3 is 2.55 bits per heavy atom. The van der Waals surface area contributed by atoms with Crippen molar-refractivity contribution in [1.82, 2.24) is 4.98 Å². The van der Waals surface area contributed by atoms with Gasteiger partial charge in [0.15, 0.2) is 17.2 Å². The Hall–Kier alpha value is -2.08. The van der Waals surface area contributed by atoms with Gasteiger partial charge in [0.25, 0.3) is 0 Å². The number of carbonyl (C=O) groups is 1. The number of nitrogens with zero attached hydrogens (tertiary/aromatic N) is 1. The van der Waals surface area contributed by atoms with Crippen molar-refractivity contribution in [2.75, 3.05) is 14.2 Å². The zero-order chi connectivity index (χ0) is 14.7. The largest absolute Gasteiger partial charge is 0.493 e. The van der Waals surface area contributed by atoms with E-state index in [0.717, 1.165) is 10.6 Å². The maximum Gasteiger partial charge on any atom is 0.355 e. The van der Waals surface area contributed by atoms with Gasteiger partial charge in [-0.15, -0.1) is 11.3 Å². The van der Waals surface area contributed by atoms with Crippen molar-refractivity contribution in [2.45, 2.75) is 13.3 Å². The number of thiazole rings is 1. The predicted molar refractivity (Wildman–Crippen MR) is 76.2 cm³/mol. The normalized spacial score (nSPS) is 10.3. The van der Waals surface area contributed by atoms with Crippen LogP contribution in [-0.4, -0.2) is 30.3 Å². The molecule has 0 aliphatic rings. The van der Waals surface area contributed by atoms with E-state index in [4.69, 9.17) is 14.6 Å². The molecule has 0 atom stereocenters. The van der Waals surface area contributed by atoms with Gasteiger partial charge in [-0.2, -0.15) is 0 Å². The smallest absolute Gasteiger partial charge is 0.355 e. The first kappa shape index (κ1) is 14.3. The summed E-state index contributed by atoms with van der Waals surface area (Å²) in [5.74, 6) is 0.326. The van der Waals surface area contributed by atoms with E-state index in [9.17, 15) is 4.79 Å². The van der Waals surface area contributed by atoms with Crippen molar-refractivity contribution in [3.05, 3.63) is 39.3 Å². The minimum atomic E-state index is -0.989. The number of methoxy groups -OCH3 is 2. The molecular formula is C14H15NO4S. The molecular weight excluding hydrogens is 278 g/mol. The van der Waals surface area contributed by atoms with Crippen LogP contribution >= 0.6 is 11.3 Å². The van der Waals surface area contributed by atoms with E-state index in [2.05, 4.69) is 4.98 Å². The summed E-state index contributed by atoms with van der Waals surface area (Å²) in [6.45, 7) is 1.76. The molecule has 1 heterocycles. The second kappa shape index (κ2) is 5.92. The Morgan fingerprint density at radius 1 is 1.30 bits per heavy atom. The SMILES string of the molecule is COc1ccc(Cc2nc(C(=O)O)c(C)s2)cc1OC. The standard InChI is InChI=1S/C14H15NO4S/c1-8-13(14(16)17)15-12(20-8)7-9-4-5-10(18-2)11(6-9)19-3/h4-6H,7H2,1-3H3,(H,16,17). The summed E-state index contributed by atoms with van der Waals surface area (Å²) < 4.78 is 10.4. The van der Waals surface area contributed by atoms with Crippen LogP contribution in [0.2, 0.25) is 0 Å². The highest BCUT2D eigenvalue weighted by Gasteiger charge is 2.14. The first-order valence-electron chi connectivity index (χ1n) is 5.95. The van der Waals surface area contributed by atoms with Gasteiger partial charge in [0.1, 0.15) is 0 Å². The molecule has 20 heavy (non-hydrogen) atoms. The summed E-state index contributed by atoms with van der Waals surface area (Å²) in [4.78, 5) is 15.8. The van der Waals surface area contributed by atoms with Crippen LogP contribution in [0.4, 0.5) is 0 Å². The first-order chi connectivity index (χ1) is 9.55. The van der Waals surface area contributed by atoms with E-state index in [1.54, 1.807) is 21.1 Å². The lowest BCUT2D eigenvalue weighted by Gasteiger charge is -2.08. The van der Waals surface area contributed by atoms with E-state index >= 15 is 0 Å². The van der Waals surface area contributed by atoms with Crippen LogP contribution in [0.15, 0.2) is 18.2 Å². The molecule has 2 aromatic rings. The summed E-state index contributed by atoms with van der Waals surface area (Å²) >= 11 is 1.40. The average Bonchev–Trinajstić information content (AvgIpc) is 2.79. The summed E-state index contributed by atoms with van der Waals surface area (Å²) in [7, 11) is 3.17. The van der Waals surface area contributed by atoms with Gasteiger partial charge in [0.2, 0.25) is 0 Å². The molecule has 0 bridgehead atoms. The van der Waals surface area contributed by atoms with Crippen LogP contribution in [0.3, 0.4) is 0 Å². The summed E-state index contributed by atoms with van der Waals surface area (Å²) in [6.07, 6.45) is 0.569. The van der Waals surface area contributed by atoms with E-state index in [1.165, 1.54) is 11.3 Å². The second-order valence-corrected chi connectivity index (χ2v) is 5.47. The fraction of sp³-hybridized carbons (Fsp3) is 0.286. The molecule has 0 aliphatic heterocycles. The molecule has 5 nitrogen and oxygen atoms in total. The number of hydrogen-bond donors (Lipinski definition) is 1. The second-order valence-electron chi connectivity index (χ2n) is 4.18. The first-order valence-corrected chi connectivity index (χ1v) is 6.77. The molecule has 0 saturated carbocycles. The molecule has 0 fully saturated rings. The van der Waals surface area contributed by atoms with Crippen LogP contribution in [0.1, 0.15) is 25.9 Å². The molecule has 0 unspecified atom stereocenters. The number of aryl methyl sites for hydroxylation is 1. The molecule has 1 aromatic carbocycles. The number of carboxylic acid groups (broad SMARTS) is 1. The van der Waals surface area contributed by atoms with Gasteiger partial charge in [0, 0.05) is 11.3 Å². The van der Waals surface area contributed by atoms with Gasteiger partial charge in [-0.05, 0) is 24.6 Å². The van der Waals surface area contributed by atoms with Crippen molar-refractivity contribution < 1.29 is 19.4 Å². The van der Waals surface area contributed by atoms with Crippen LogP contribution < -0.4 is 9.47 Å². The lowest BCUT2D eigenvalue weighted by atomic mass is 10.1. The maximum absolute atomic E-state index is 11.0. The highest BCUT2D eigenvalue weighted by atomic mass is 32.1. The molecule has 0 radical (unpaired) electrons. The topological polar surface area (TPSA) is 68.7 Å². The molecule has 0 amide bonds. The molecule has 0 saturated heterocycles. The minimum absolute atomic E-state index is 0.130. The van der Waals surface area contributed by atoms with E-state index in [1.807, 2.05) is 18.2 Å². The highest BCUT2D eigenvalue weighted by molar-refractivity contribution is 7.11. The van der Waals surface area contributed by atoms with Gasteiger partial charge < -0.3 is 14.6 Å². The Balaban J connectivity index is 2.26. The van der Waals surface area contributed by atoms with Gasteiger partial charge in [0.05, 0.1) is 19.2 Å². The van der Waals surface area contributed by atoms with Gasteiger partial charge >= 0.3 is 5.97 Å². The van der Waals surface area contributed by atoms with Crippen LogP contribution in [0.25, 0.3) is 0 Å². The summed E-state index contributed by atoms with van der Waals surface area (Å²) in [5, 5.41) is 9.77. The lowest BCUT2D eigenvalue weighted by molar-refractivity contribution is 0.0690. The van der Waals surface area contributed by atoms with Gasteiger partial charge in [-0.3, -0.25) is 0 Å². The third-order valence-corrected chi connectivity index (χ3v) is 3.82. The van der Waals surface area contributed by atoms with Crippen LogP contribution in [0.5, 0.6) is 11.5 Å². The van der Waals surface area contributed by atoms with Crippen molar-refractivity contribution in [1.29, 1.82) is 0 Å². The van der Waals surface area contributed by atoms with E-state index in [0.29, 0.717) is 22.8 Å². The third kappa shape index (κ3) is 2.91. The number of aromatic nitrogens is 1. The van der Waals surface area contributed by atoms with Crippen molar-refractivity contribution in [3.8, 4) is 11.5 Å². The fourth-order valence-electron chi connectivity index (χ4n) is 1.89. The van der Waals surface area contributed by atoms with Gasteiger partial charge in [-0.25, -0.2) is 9.78 Å². The van der Waals surface area contributed by atoms with Crippen molar-refractivity contribution >= 4 is 17.3 Å². The highest BCUT2D eigenvalue weighted by Crippen LogP contribution is 2.29. The Labute approximate surface area is 120 Å². The minimum Gasteiger partial charge on any atom is -0.493 e. The van der Waals surface area contributed by atoms with Crippen LogP contribution in [-0.2, 0) is 6.42 Å². The predicted octanol–water partition coefficient (Wildman–Crippen LogP) is 2.76. The lowest BCUT2D eigenvalue weighted by Crippen LogP contribution is -1.99. The zero-order valence-electron chi connectivity index (χ0n) is 11.5. The number of ether oxygens (including phenoxy) is 2. The van der Waals surface area contributed by atoms with Crippen molar-refractivity contribution in [3.63, 3.8) is 0 Å². The van der Waals surface area contributed by atoms with Gasteiger partial charge in [-0.1, -0.05) is 6.07 Å². The molecule has 106 valence electrons. The fourth-order valence-corrected chi connectivity index (χ4v) is 2.85. The average molecular weight is 293 g/mol. The number of carboxylic acids is 1. The van der Waals surface area contributed by atoms with E-state index < -0.39 is 5.97 Å². The molecule has 1 aromatic heterocycles. The third-order valence-electron chi connectivity index (χ3n) is 2.85. The number of hydrogen-bond acceptors (Lipinski definition) is 5. The number of rotatable bonds is 5. The number of aromatic carboxylic acids is 1. The Kier molecular flexibility index (Phi) is 4.24. The van der Waals surface area contributed by atoms with Crippen molar-refractivity contribution in [2.24, 2.45) is 0 Å². The number of benzene rings is 1. The summed E-state index contributed by atoms with van der Waals surface area (Å²) in [5.41, 5.74) is 1.12. The Bertz CT molecular complexity index is 636. The van der Waals surface area contributed by atoms with E-state index in [-0.39, 0.29) is 5.69 Å². The zero-order valence-corrected chi connectivity index (χ0v) is 12.3. The quantitative estimate of drug-likeness (QED) is 0.918. The molecule has 0 spiro atoms. The molecule has 1 N–H and O–H groups in total. The monoisotopic (exact) mass is 293 g/mol. The molecule has 0 aliphatic carbocycles. The Morgan fingerprint density at radius 2 is 2.00 bits per heavy atom. The van der Waals surface area contributed by atoms with Crippen LogP contribution in [0, 0.1) is 6.92 Å².